The van der Waals surface area contributed by atoms with Gasteiger partial charge in [0.1, 0.15) is 5.82 Å². The molecule has 0 amide bonds. The van der Waals surface area contributed by atoms with E-state index < -0.39 is 5.92 Å². The van der Waals surface area contributed by atoms with Crippen LogP contribution in [0.15, 0.2) is 34.3 Å². The smallest absolute Gasteiger partial charge is 0.270 e. The van der Waals surface area contributed by atoms with Gasteiger partial charge in [-0.25, -0.2) is 0 Å². The van der Waals surface area contributed by atoms with E-state index in [1.54, 1.807) is 0 Å². The van der Waals surface area contributed by atoms with E-state index in [2.05, 4.69) is 29.4 Å². The zero-order valence-corrected chi connectivity index (χ0v) is 14.6. The van der Waals surface area contributed by atoms with Crippen molar-refractivity contribution in [2.75, 3.05) is 12.1 Å². The van der Waals surface area contributed by atoms with E-state index in [9.17, 15) is 9.59 Å². The van der Waals surface area contributed by atoms with E-state index in [1.807, 2.05) is 18.2 Å². The third-order valence-corrected chi connectivity index (χ3v) is 5.32. The van der Waals surface area contributed by atoms with Crippen molar-refractivity contribution in [1.29, 1.82) is 0 Å². The summed E-state index contributed by atoms with van der Waals surface area (Å²) in [5.74, 6) is 1.60. The van der Waals surface area contributed by atoms with Crippen molar-refractivity contribution in [2.45, 2.75) is 32.6 Å². The second-order valence-electron chi connectivity index (χ2n) is 7.87. The van der Waals surface area contributed by atoms with Crippen LogP contribution in [0.2, 0.25) is 0 Å². The van der Waals surface area contributed by atoms with Crippen molar-refractivity contribution >= 4 is 11.6 Å². The molecule has 7 nitrogen and oxygen atoms in total. The van der Waals surface area contributed by atoms with Gasteiger partial charge in [-0.05, 0) is 29.5 Å². The van der Waals surface area contributed by atoms with Crippen LogP contribution in [0, 0.1) is 5.41 Å². The summed E-state index contributed by atoms with van der Waals surface area (Å²) in [5, 5.41) is 8.82. The fourth-order valence-corrected chi connectivity index (χ4v) is 4.24. The van der Waals surface area contributed by atoms with Crippen LogP contribution in [0.3, 0.4) is 0 Å². The normalized spacial score (nSPS) is 22.7. The summed E-state index contributed by atoms with van der Waals surface area (Å²) >= 11 is 0. The number of benzene rings is 1. The van der Waals surface area contributed by atoms with Gasteiger partial charge in [0.05, 0.1) is 5.56 Å². The van der Waals surface area contributed by atoms with Crippen LogP contribution >= 0.6 is 0 Å². The molecule has 0 bridgehead atoms. The van der Waals surface area contributed by atoms with E-state index in [0.29, 0.717) is 34.9 Å². The number of nitrogens with one attached hydrogen (secondary N) is 3. The number of carbonyl (C=O) groups is 1. The standard InChI is InChI=1S/C19H19N3O4/c1-19(2)6-10-15(11(23)7-19)14(16-17(20-10)21-22-18(16)24)9-3-4-12-13(5-9)26-8-25-12/h3-5,14H,6-8H2,1-2H3,(H3,20,21,22,24). The summed E-state index contributed by atoms with van der Waals surface area (Å²) in [6, 6.07) is 5.60. The van der Waals surface area contributed by atoms with Gasteiger partial charge in [-0.1, -0.05) is 19.9 Å². The van der Waals surface area contributed by atoms with Crippen molar-refractivity contribution < 1.29 is 14.3 Å². The number of Topliss-reactive ketones (excluding diaryl/α,β-unsaturated/α-hetero) is 1. The number of aromatic amines is 2. The van der Waals surface area contributed by atoms with Crippen molar-refractivity contribution in [2.24, 2.45) is 5.41 Å². The number of carbonyl (C=O) groups excluding carboxylic acids is 1. The summed E-state index contributed by atoms with van der Waals surface area (Å²) in [7, 11) is 0. The molecule has 2 aliphatic heterocycles. The zero-order chi connectivity index (χ0) is 18.1. The molecule has 3 heterocycles. The van der Waals surface area contributed by atoms with Crippen LogP contribution < -0.4 is 20.3 Å². The molecule has 1 unspecified atom stereocenters. The number of hydrogen-bond acceptors (Lipinski definition) is 5. The largest absolute Gasteiger partial charge is 0.454 e. The van der Waals surface area contributed by atoms with Gasteiger partial charge in [-0.2, -0.15) is 0 Å². The molecular weight excluding hydrogens is 334 g/mol. The molecule has 0 saturated heterocycles. The monoisotopic (exact) mass is 353 g/mol. The number of anilines is 1. The Morgan fingerprint density at radius 2 is 1.88 bits per heavy atom. The van der Waals surface area contributed by atoms with E-state index >= 15 is 0 Å². The highest BCUT2D eigenvalue weighted by Crippen LogP contribution is 2.48. The maximum absolute atomic E-state index is 13.0. The number of ether oxygens (including phenoxy) is 2. The molecule has 0 radical (unpaired) electrons. The van der Waals surface area contributed by atoms with Crippen molar-refractivity contribution in [3.63, 3.8) is 0 Å². The highest BCUT2D eigenvalue weighted by atomic mass is 16.7. The number of hydrogen-bond donors (Lipinski definition) is 3. The van der Waals surface area contributed by atoms with E-state index in [-0.39, 0.29) is 23.6 Å². The Morgan fingerprint density at radius 1 is 1.08 bits per heavy atom. The zero-order valence-electron chi connectivity index (χ0n) is 14.6. The minimum Gasteiger partial charge on any atom is -0.454 e. The van der Waals surface area contributed by atoms with Crippen LogP contribution in [0.5, 0.6) is 11.5 Å². The molecule has 0 fully saturated rings. The number of ketones is 1. The summed E-state index contributed by atoms with van der Waals surface area (Å²) in [4.78, 5) is 25.5. The fraction of sp³-hybridized carbons (Fsp3) is 0.368. The van der Waals surface area contributed by atoms with Crippen molar-refractivity contribution in [3.05, 3.63) is 50.9 Å². The quantitative estimate of drug-likeness (QED) is 0.732. The summed E-state index contributed by atoms with van der Waals surface area (Å²) in [6.45, 7) is 4.35. The lowest BCUT2D eigenvalue weighted by Gasteiger charge is -2.37. The summed E-state index contributed by atoms with van der Waals surface area (Å²) < 4.78 is 10.9. The predicted octanol–water partition coefficient (Wildman–Crippen LogP) is 2.63. The van der Waals surface area contributed by atoms with Gasteiger partial charge in [0, 0.05) is 23.6 Å². The van der Waals surface area contributed by atoms with Crippen LogP contribution in [0.4, 0.5) is 5.82 Å². The Labute approximate surface area is 149 Å². The second kappa shape index (κ2) is 5.03. The molecule has 1 aromatic carbocycles. The number of rotatable bonds is 1. The molecule has 134 valence electrons. The molecule has 5 rings (SSSR count). The molecule has 3 aliphatic rings. The second-order valence-corrected chi connectivity index (χ2v) is 7.87. The average Bonchev–Trinajstić information content (AvgIpc) is 3.18. The lowest BCUT2D eigenvalue weighted by molar-refractivity contribution is -0.118. The molecule has 0 saturated carbocycles. The Morgan fingerprint density at radius 3 is 2.73 bits per heavy atom. The molecule has 2 aromatic rings. The first-order valence-corrected chi connectivity index (χ1v) is 8.66. The van der Waals surface area contributed by atoms with Gasteiger partial charge < -0.3 is 14.8 Å². The lowest BCUT2D eigenvalue weighted by atomic mass is 9.69. The first kappa shape index (κ1) is 15.3. The van der Waals surface area contributed by atoms with Crippen LogP contribution in [0.25, 0.3) is 0 Å². The highest BCUT2D eigenvalue weighted by molar-refractivity contribution is 6.01. The minimum atomic E-state index is -0.422. The first-order valence-electron chi connectivity index (χ1n) is 8.66. The fourth-order valence-electron chi connectivity index (χ4n) is 4.24. The van der Waals surface area contributed by atoms with E-state index in [4.69, 9.17) is 9.47 Å². The molecule has 7 heteroatoms. The van der Waals surface area contributed by atoms with Crippen molar-refractivity contribution in [3.8, 4) is 11.5 Å². The van der Waals surface area contributed by atoms with Gasteiger partial charge in [-0.3, -0.25) is 19.8 Å². The molecule has 0 spiro atoms. The molecule has 1 aliphatic carbocycles. The Balaban J connectivity index is 1.72. The van der Waals surface area contributed by atoms with E-state index in [0.717, 1.165) is 17.7 Å². The number of allylic oxidation sites excluding steroid dienone is 2. The predicted molar refractivity (Wildman–Crippen MR) is 94.5 cm³/mol. The van der Waals surface area contributed by atoms with Gasteiger partial charge in [0.15, 0.2) is 17.3 Å². The number of aromatic nitrogens is 2. The average molecular weight is 353 g/mol. The van der Waals surface area contributed by atoms with Crippen LogP contribution in [-0.4, -0.2) is 22.8 Å². The topological polar surface area (TPSA) is 96.2 Å². The van der Waals surface area contributed by atoms with E-state index in [1.165, 1.54) is 0 Å². The van der Waals surface area contributed by atoms with Gasteiger partial charge in [-0.15, -0.1) is 0 Å². The summed E-state index contributed by atoms with van der Waals surface area (Å²) in [6.07, 6.45) is 1.22. The third-order valence-electron chi connectivity index (χ3n) is 5.32. The molecule has 1 aromatic heterocycles. The van der Waals surface area contributed by atoms with Crippen LogP contribution in [0.1, 0.15) is 43.7 Å². The Hall–Kier alpha value is -2.96. The molecule has 3 N–H and O–H groups in total. The Bertz CT molecular complexity index is 1030. The first-order chi connectivity index (χ1) is 12.4. The Kier molecular flexibility index (Phi) is 2.96. The van der Waals surface area contributed by atoms with Gasteiger partial charge >= 0.3 is 0 Å². The molecule has 26 heavy (non-hydrogen) atoms. The molecule has 1 atom stereocenters. The van der Waals surface area contributed by atoms with Gasteiger partial charge in [0.25, 0.3) is 5.56 Å². The number of H-pyrrole nitrogens is 2. The summed E-state index contributed by atoms with van der Waals surface area (Å²) in [5.41, 5.74) is 2.62. The highest BCUT2D eigenvalue weighted by Gasteiger charge is 2.42. The maximum atomic E-state index is 13.0. The number of fused-ring (bicyclic) bond motifs is 2. The third kappa shape index (κ3) is 2.13. The minimum absolute atomic E-state index is 0.0812. The SMILES string of the molecule is CC1(C)CC(=O)C2=C(C1)Nc1[nH][nH]c(=O)c1C2c1ccc2c(c1)OCO2. The van der Waals surface area contributed by atoms with Gasteiger partial charge in [0.2, 0.25) is 6.79 Å². The molecular formula is C19H19N3O4. The lowest BCUT2D eigenvalue weighted by Crippen LogP contribution is -2.34. The van der Waals surface area contributed by atoms with Crippen LogP contribution in [-0.2, 0) is 4.79 Å². The maximum Gasteiger partial charge on any atom is 0.270 e. The van der Waals surface area contributed by atoms with Crippen molar-refractivity contribution in [1.82, 2.24) is 10.2 Å².